The van der Waals surface area contributed by atoms with Crippen LogP contribution in [0.25, 0.3) is 33.4 Å². The third-order valence-corrected chi connectivity index (χ3v) is 17.5. The van der Waals surface area contributed by atoms with Crippen molar-refractivity contribution in [2.45, 2.75) is 65.4 Å². The number of amides is 4. The second-order valence-corrected chi connectivity index (χ2v) is 25.6. The third kappa shape index (κ3) is 22.1. The maximum atomic E-state index is 14.4. The molecule has 24 nitrogen and oxygen atoms in total. The summed E-state index contributed by atoms with van der Waals surface area (Å²) >= 11 is 0. The molecule has 12 rings (SSSR count). The maximum absolute atomic E-state index is 14.4. The van der Waals surface area contributed by atoms with Crippen molar-refractivity contribution in [1.82, 2.24) is 35.2 Å². The Hall–Kier alpha value is -11.6. The molecule has 0 saturated carbocycles. The topological polar surface area (TPSA) is 285 Å². The number of alkyl carbamates (subject to hydrolysis) is 1. The Balaban J connectivity index is 0.000000178. The van der Waals surface area contributed by atoms with Crippen LogP contribution < -0.4 is 51.2 Å². The lowest BCUT2D eigenvalue weighted by Crippen LogP contribution is -2.37. The number of carbonyl (C=O) groups is 4. The molecule has 4 amide bonds. The number of hydrogen-bond donors (Lipinski definition) is 5. The molecule has 0 spiro atoms. The number of hydrogen-bond acceptors (Lipinski definition) is 20. The average Bonchev–Trinajstić information content (AvgIpc) is 0.805. The van der Waals surface area contributed by atoms with Crippen LogP contribution in [-0.2, 0) is 37.5 Å². The Morgan fingerprint density at radius 2 is 0.784 bits per heavy atom. The van der Waals surface area contributed by atoms with Crippen LogP contribution in [-0.4, -0.2) is 165 Å². The van der Waals surface area contributed by atoms with Crippen molar-refractivity contribution in [1.29, 1.82) is 0 Å². The van der Waals surface area contributed by atoms with Gasteiger partial charge in [0.05, 0.1) is 111 Å². The molecular weight excluding hydrogens is 1470 g/mol. The highest BCUT2D eigenvalue weighted by Crippen LogP contribution is 2.39. The standard InChI is InChI=1S/C28H30F3N5O5.C26H28F3N5O3.C23H20F4N4O2/c1-17(14-34-27(38)39-3)41-26-24(36-7-9-40-10-8-36)12-20(15-33-26)23-13-22(16-32-18(23)2)35-25(37)19-5-4-6-21(11-19)28(29,30)31;1-16(13-30)37-25-23(34-6-8-36-9-7-34)11-19(14-32-25)22-12-21(15-31-17(22)2)33-24(35)18-4-3-5-20(10-18)26(27,28)29;1-14-19(16-10-20(21(24)29-12-16)31-5-7-33-8-6-31)11-18(13-28-14)30-22(32)15-3-2-4-17(9-15)23(25,26)27/h4-6,11-13,15-17H,7-10,14H2,1-3H3,(H,34,38)(H,35,37);3-5,10-12,14-16H,6-9,13,30H2,1-2H3,(H,33,35);2-4,9-13H,5-8H2,1H3,(H,30,32)/t17-;16-;/m11./s1. The highest BCUT2D eigenvalue weighted by atomic mass is 19.4. The van der Waals surface area contributed by atoms with Gasteiger partial charge in [0.1, 0.15) is 23.6 Å². The predicted octanol–water partition coefficient (Wildman–Crippen LogP) is 13.7. The minimum absolute atomic E-state index is 0.108. The van der Waals surface area contributed by atoms with E-state index in [9.17, 15) is 63.1 Å². The Bertz CT molecular complexity index is 4770. The minimum Gasteiger partial charge on any atom is -0.472 e. The van der Waals surface area contributed by atoms with E-state index in [1.807, 2.05) is 30.9 Å². The number of nitrogens with one attached hydrogen (secondary N) is 4. The van der Waals surface area contributed by atoms with E-state index < -0.39 is 71.1 Å². The second-order valence-electron chi connectivity index (χ2n) is 25.6. The monoisotopic (exact) mass is 1550 g/mol. The van der Waals surface area contributed by atoms with Crippen molar-refractivity contribution in [3.63, 3.8) is 0 Å². The lowest BCUT2D eigenvalue weighted by atomic mass is 10.0. The van der Waals surface area contributed by atoms with E-state index in [2.05, 4.69) is 65.7 Å². The number of morpholine rings is 3. The Morgan fingerprint density at radius 3 is 1.12 bits per heavy atom. The second kappa shape index (κ2) is 36.7. The van der Waals surface area contributed by atoms with E-state index in [0.29, 0.717) is 165 Å². The van der Waals surface area contributed by atoms with Crippen molar-refractivity contribution in [2.24, 2.45) is 5.73 Å². The molecule has 3 aromatic carbocycles. The highest BCUT2D eigenvalue weighted by Gasteiger charge is 2.34. The molecule has 0 radical (unpaired) electrons. The van der Waals surface area contributed by atoms with Gasteiger partial charge in [-0.3, -0.25) is 29.3 Å². The van der Waals surface area contributed by atoms with Gasteiger partial charge in [0, 0.05) is 132 Å². The molecule has 586 valence electrons. The Labute approximate surface area is 631 Å². The van der Waals surface area contributed by atoms with Gasteiger partial charge in [0.2, 0.25) is 17.7 Å². The van der Waals surface area contributed by atoms with Gasteiger partial charge in [0.25, 0.3) is 17.7 Å². The van der Waals surface area contributed by atoms with Crippen LogP contribution in [0.5, 0.6) is 11.8 Å². The van der Waals surface area contributed by atoms with Gasteiger partial charge in [-0.1, -0.05) is 18.2 Å². The van der Waals surface area contributed by atoms with Gasteiger partial charge in [-0.2, -0.15) is 43.9 Å². The first kappa shape index (κ1) is 81.9. The van der Waals surface area contributed by atoms with Crippen LogP contribution in [0.1, 0.15) is 78.7 Å². The van der Waals surface area contributed by atoms with Crippen LogP contribution in [0.3, 0.4) is 0 Å². The minimum atomic E-state index is -4.56. The molecule has 34 heteroatoms. The first-order valence-electron chi connectivity index (χ1n) is 34.8. The smallest absolute Gasteiger partial charge is 0.416 e. The summed E-state index contributed by atoms with van der Waals surface area (Å²) in [5, 5.41) is 10.4. The fourth-order valence-electron chi connectivity index (χ4n) is 11.6. The number of ether oxygens (including phenoxy) is 6. The molecule has 0 bridgehead atoms. The number of methoxy groups -OCH3 is 1. The van der Waals surface area contributed by atoms with Crippen molar-refractivity contribution in [3.8, 4) is 45.1 Å². The molecule has 6 aromatic heterocycles. The molecule has 0 unspecified atom stereocenters. The van der Waals surface area contributed by atoms with E-state index in [1.54, 1.807) is 57.4 Å². The van der Waals surface area contributed by atoms with Crippen LogP contribution in [0, 0.1) is 26.7 Å². The zero-order valence-electron chi connectivity index (χ0n) is 60.9. The van der Waals surface area contributed by atoms with E-state index in [4.69, 9.17) is 29.4 Å². The van der Waals surface area contributed by atoms with Crippen molar-refractivity contribution in [3.05, 3.63) is 203 Å². The molecule has 3 fully saturated rings. The van der Waals surface area contributed by atoms with Crippen LogP contribution >= 0.6 is 0 Å². The zero-order chi connectivity index (χ0) is 79.7. The van der Waals surface area contributed by atoms with Gasteiger partial charge in [0.15, 0.2) is 0 Å². The van der Waals surface area contributed by atoms with E-state index >= 15 is 0 Å². The number of nitrogens with two attached hydrogens (primary N) is 1. The van der Waals surface area contributed by atoms with Crippen LogP contribution in [0.2, 0.25) is 0 Å². The summed E-state index contributed by atoms with van der Waals surface area (Å²) in [6.45, 7) is 16.4. The number of nitrogens with zero attached hydrogens (tertiary/aromatic N) is 9. The highest BCUT2D eigenvalue weighted by molar-refractivity contribution is 6.06. The first-order valence-corrected chi connectivity index (χ1v) is 34.8. The predicted molar refractivity (Wildman–Crippen MR) is 394 cm³/mol. The van der Waals surface area contributed by atoms with Gasteiger partial charge >= 0.3 is 24.6 Å². The number of aromatic nitrogens is 6. The Kier molecular flexibility index (Phi) is 27.1. The fraction of sp³-hybridized carbons (Fsp3) is 0.325. The van der Waals surface area contributed by atoms with Crippen molar-refractivity contribution in [2.75, 3.05) is 130 Å². The summed E-state index contributed by atoms with van der Waals surface area (Å²) < 4.78 is 165. The molecule has 111 heavy (non-hydrogen) atoms. The van der Waals surface area contributed by atoms with Gasteiger partial charge in [-0.05, 0) is 126 Å². The van der Waals surface area contributed by atoms with Crippen LogP contribution in [0.15, 0.2) is 146 Å². The summed E-state index contributed by atoms with van der Waals surface area (Å²) in [4.78, 5) is 81.5. The number of benzene rings is 3. The summed E-state index contributed by atoms with van der Waals surface area (Å²) in [7, 11) is 1.28. The molecule has 9 heterocycles. The first-order chi connectivity index (χ1) is 52.9. The average molecular weight is 1550 g/mol. The zero-order valence-corrected chi connectivity index (χ0v) is 60.9. The number of anilines is 6. The lowest BCUT2D eigenvalue weighted by Gasteiger charge is -2.30. The van der Waals surface area contributed by atoms with E-state index in [1.165, 1.54) is 68.3 Å². The summed E-state index contributed by atoms with van der Waals surface area (Å²) in [5.74, 6) is -1.84. The van der Waals surface area contributed by atoms with Crippen molar-refractivity contribution >= 4 is 57.9 Å². The van der Waals surface area contributed by atoms with Crippen molar-refractivity contribution < 1.29 is 91.5 Å². The molecular formula is C77H78F10N14O10. The fourth-order valence-corrected chi connectivity index (χ4v) is 11.6. The molecule has 2 atom stereocenters. The summed E-state index contributed by atoms with van der Waals surface area (Å²) in [5.41, 5.74) is 11.4. The number of aryl methyl sites for hydroxylation is 3. The van der Waals surface area contributed by atoms with E-state index in [-0.39, 0.29) is 35.0 Å². The molecule has 6 N–H and O–H groups in total. The van der Waals surface area contributed by atoms with Crippen LogP contribution in [0.4, 0.5) is 82.8 Å². The summed E-state index contributed by atoms with van der Waals surface area (Å²) in [6.07, 6.45) is -5.92. The SMILES string of the molecule is COC(=O)NC[C@@H](C)Oc1ncc(-c2cc(NC(=O)c3cccc(C(F)(F)F)c3)cnc2C)cc1N1CCOCC1.Cc1ncc(NC(=O)c2cccc(C(F)(F)F)c2)cc1-c1cnc(F)c(N2CCOCC2)c1.Cc1ncc(NC(=O)c2cccc(C(F)(F)F)c2)cc1-c1cnc(O[C@H](C)CN)c(N2CCOCC2)c1. The number of alkyl halides is 9. The molecule has 9 aromatic rings. The Morgan fingerprint density at radius 1 is 0.459 bits per heavy atom. The largest absolute Gasteiger partial charge is 0.472 e. The molecule has 3 aliphatic heterocycles. The maximum Gasteiger partial charge on any atom is 0.416 e. The summed E-state index contributed by atoms with van der Waals surface area (Å²) in [6, 6.07) is 23.2. The third-order valence-electron chi connectivity index (χ3n) is 17.5. The molecule has 0 aliphatic carbocycles. The van der Waals surface area contributed by atoms with Gasteiger partial charge in [-0.15, -0.1) is 0 Å². The van der Waals surface area contributed by atoms with Gasteiger partial charge < -0.3 is 70.1 Å². The normalized spacial score (nSPS) is 14.4. The van der Waals surface area contributed by atoms with E-state index in [0.717, 1.165) is 47.6 Å². The number of pyridine rings is 6. The quantitative estimate of drug-likeness (QED) is 0.0371. The number of carbonyl (C=O) groups excluding carboxylic acids is 4. The number of rotatable bonds is 19. The molecule has 3 saturated heterocycles. The lowest BCUT2D eigenvalue weighted by molar-refractivity contribution is -0.138. The molecule has 3 aliphatic rings. The number of halogens is 10. The van der Waals surface area contributed by atoms with Gasteiger partial charge in [-0.25, -0.2) is 19.7 Å².